The van der Waals surface area contributed by atoms with Crippen molar-refractivity contribution in [3.05, 3.63) is 47.5 Å². The highest BCUT2D eigenvalue weighted by Crippen LogP contribution is 1.98. The van der Waals surface area contributed by atoms with Gasteiger partial charge in [0, 0.05) is 5.56 Å². The van der Waals surface area contributed by atoms with Crippen LogP contribution in [-0.2, 0) is 0 Å². The second-order valence-electron chi connectivity index (χ2n) is 3.78. The highest BCUT2D eigenvalue weighted by atomic mass is 16.2. The summed E-state index contributed by atoms with van der Waals surface area (Å²) in [5.74, 6) is -0.192. The topological polar surface area (TPSA) is 41.5 Å². The number of hydrogen-bond donors (Lipinski definition) is 1. The van der Waals surface area contributed by atoms with Gasteiger partial charge in [0.05, 0.1) is 5.71 Å². The van der Waals surface area contributed by atoms with Crippen LogP contribution in [0.15, 0.2) is 47.1 Å². The zero-order valence-corrected chi connectivity index (χ0v) is 9.82. The van der Waals surface area contributed by atoms with E-state index < -0.39 is 0 Å². The van der Waals surface area contributed by atoms with Crippen molar-refractivity contribution in [3.63, 3.8) is 0 Å². The van der Waals surface area contributed by atoms with Gasteiger partial charge >= 0.3 is 0 Å². The largest absolute Gasteiger partial charge is 0.271 e. The van der Waals surface area contributed by atoms with Gasteiger partial charge in [-0.2, -0.15) is 5.10 Å². The third-order valence-electron chi connectivity index (χ3n) is 1.87. The lowest BCUT2D eigenvalue weighted by Crippen LogP contribution is -2.18. The molecule has 0 aliphatic rings. The lowest BCUT2D eigenvalue weighted by atomic mass is 10.2. The summed E-state index contributed by atoms with van der Waals surface area (Å²) in [6.45, 7) is 5.81. The van der Waals surface area contributed by atoms with Crippen molar-refractivity contribution < 1.29 is 4.79 Å². The monoisotopic (exact) mass is 216 g/mol. The molecule has 1 amide bonds. The van der Waals surface area contributed by atoms with Crippen molar-refractivity contribution in [1.82, 2.24) is 5.43 Å². The molecule has 0 aliphatic carbocycles. The molecule has 0 radical (unpaired) electrons. The quantitative estimate of drug-likeness (QED) is 0.612. The normalized spacial score (nSPS) is 10.8. The van der Waals surface area contributed by atoms with Crippen LogP contribution in [0, 0.1) is 0 Å². The number of nitrogens with zero attached hydrogens (tertiary/aromatic N) is 1. The van der Waals surface area contributed by atoms with E-state index in [4.69, 9.17) is 0 Å². The summed E-state index contributed by atoms with van der Waals surface area (Å²) in [5.41, 5.74) is 5.05. The second kappa shape index (κ2) is 5.85. The molecule has 0 saturated carbocycles. The van der Waals surface area contributed by atoms with E-state index in [9.17, 15) is 4.79 Å². The maximum Gasteiger partial charge on any atom is 0.271 e. The van der Waals surface area contributed by atoms with Gasteiger partial charge in [-0.25, -0.2) is 5.43 Å². The van der Waals surface area contributed by atoms with Crippen molar-refractivity contribution in [2.24, 2.45) is 5.10 Å². The minimum atomic E-state index is -0.192. The van der Waals surface area contributed by atoms with Crippen molar-refractivity contribution in [2.75, 3.05) is 0 Å². The molecule has 3 nitrogen and oxygen atoms in total. The number of hydrogen-bond acceptors (Lipinski definition) is 2. The molecule has 0 fully saturated rings. The third kappa shape index (κ3) is 4.09. The fourth-order valence-corrected chi connectivity index (χ4v) is 1.24. The molecule has 3 heteroatoms. The Hall–Kier alpha value is -1.90. The Morgan fingerprint density at radius 1 is 1.19 bits per heavy atom. The lowest BCUT2D eigenvalue weighted by molar-refractivity contribution is 0.0955. The van der Waals surface area contributed by atoms with Gasteiger partial charge in [-0.3, -0.25) is 4.79 Å². The maximum atomic E-state index is 11.6. The van der Waals surface area contributed by atoms with Crippen LogP contribution in [0.4, 0.5) is 0 Å². The SMILES string of the molecule is CC(C)=CC(C)=NNC(=O)c1ccccc1. The van der Waals surface area contributed by atoms with Gasteiger partial charge in [-0.15, -0.1) is 0 Å². The number of amides is 1. The van der Waals surface area contributed by atoms with E-state index in [2.05, 4.69) is 10.5 Å². The van der Waals surface area contributed by atoms with E-state index >= 15 is 0 Å². The third-order valence-corrected chi connectivity index (χ3v) is 1.87. The van der Waals surface area contributed by atoms with Gasteiger partial charge in [0.25, 0.3) is 5.91 Å². The van der Waals surface area contributed by atoms with Crippen LogP contribution < -0.4 is 5.43 Å². The highest BCUT2D eigenvalue weighted by molar-refractivity contribution is 5.97. The lowest BCUT2D eigenvalue weighted by Gasteiger charge is -2.00. The predicted molar refractivity (Wildman–Crippen MR) is 66.4 cm³/mol. The number of nitrogens with one attached hydrogen (secondary N) is 1. The molecule has 0 bridgehead atoms. The van der Waals surface area contributed by atoms with Crippen molar-refractivity contribution in [2.45, 2.75) is 20.8 Å². The van der Waals surface area contributed by atoms with E-state index in [1.165, 1.54) is 0 Å². The minimum Gasteiger partial charge on any atom is -0.267 e. The molecule has 0 spiro atoms. The van der Waals surface area contributed by atoms with E-state index in [1.807, 2.05) is 45.0 Å². The minimum absolute atomic E-state index is 0.192. The molecule has 0 aliphatic heterocycles. The van der Waals surface area contributed by atoms with Crippen LogP contribution in [0.25, 0.3) is 0 Å². The van der Waals surface area contributed by atoms with Crippen LogP contribution in [0.5, 0.6) is 0 Å². The molecule has 1 aromatic rings. The Bertz CT molecular complexity index is 415. The van der Waals surface area contributed by atoms with Crippen LogP contribution in [0.3, 0.4) is 0 Å². The number of carbonyl (C=O) groups is 1. The Morgan fingerprint density at radius 2 is 1.81 bits per heavy atom. The van der Waals surface area contributed by atoms with Crippen LogP contribution in [0.2, 0.25) is 0 Å². The van der Waals surface area contributed by atoms with E-state index in [0.29, 0.717) is 5.56 Å². The molecule has 1 rings (SSSR count). The number of hydrazone groups is 1. The Labute approximate surface area is 95.9 Å². The van der Waals surface area contributed by atoms with Crippen LogP contribution >= 0.6 is 0 Å². The molecule has 0 aromatic heterocycles. The summed E-state index contributed by atoms with van der Waals surface area (Å²) >= 11 is 0. The maximum absolute atomic E-state index is 11.6. The number of carbonyl (C=O) groups excluding carboxylic acids is 1. The molecule has 1 aromatic carbocycles. The van der Waals surface area contributed by atoms with E-state index in [-0.39, 0.29) is 5.91 Å². The Morgan fingerprint density at radius 3 is 2.38 bits per heavy atom. The Balaban J connectivity index is 2.63. The molecular weight excluding hydrogens is 200 g/mol. The number of rotatable bonds is 3. The Kier molecular flexibility index (Phi) is 4.45. The molecular formula is C13H16N2O. The first-order valence-corrected chi connectivity index (χ1v) is 5.14. The smallest absolute Gasteiger partial charge is 0.267 e. The highest BCUT2D eigenvalue weighted by Gasteiger charge is 2.01. The van der Waals surface area contributed by atoms with Gasteiger partial charge in [-0.05, 0) is 39.0 Å². The van der Waals surface area contributed by atoms with Crippen molar-refractivity contribution >= 4 is 11.6 Å². The summed E-state index contributed by atoms with van der Waals surface area (Å²) < 4.78 is 0. The van der Waals surface area contributed by atoms with Gasteiger partial charge in [0.1, 0.15) is 0 Å². The zero-order valence-electron chi connectivity index (χ0n) is 9.82. The molecule has 16 heavy (non-hydrogen) atoms. The first-order chi connectivity index (χ1) is 7.59. The summed E-state index contributed by atoms with van der Waals surface area (Å²) in [5, 5.41) is 3.98. The molecule has 0 heterocycles. The first kappa shape index (κ1) is 12.2. The summed E-state index contributed by atoms with van der Waals surface area (Å²) in [6.07, 6.45) is 1.91. The van der Waals surface area contributed by atoms with Gasteiger partial charge < -0.3 is 0 Å². The van der Waals surface area contributed by atoms with Crippen molar-refractivity contribution in [1.29, 1.82) is 0 Å². The molecule has 0 atom stereocenters. The summed E-state index contributed by atoms with van der Waals surface area (Å²) in [6, 6.07) is 9.01. The van der Waals surface area contributed by atoms with Crippen LogP contribution in [0.1, 0.15) is 31.1 Å². The summed E-state index contributed by atoms with van der Waals surface area (Å²) in [7, 11) is 0. The average Bonchev–Trinajstić information content (AvgIpc) is 2.26. The van der Waals surface area contributed by atoms with Gasteiger partial charge in [0.2, 0.25) is 0 Å². The molecule has 1 N–H and O–H groups in total. The number of benzene rings is 1. The summed E-state index contributed by atoms with van der Waals surface area (Å²) in [4.78, 5) is 11.6. The molecule has 84 valence electrons. The van der Waals surface area contributed by atoms with E-state index in [1.54, 1.807) is 12.1 Å². The van der Waals surface area contributed by atoms with E-state index in [0.717, 1.165) is 11.3 Å². The average molecular weight is 216 g/mol. The van der Waals surface area contributed by atoms with Gasteiger partial charge in [0.15, 0.2) is 0 Å². The van der Waals surface area contributed by atoms with Gasteiger partial charge in [-0.1, -0.05) is 23.8 Å². The number of allylic oxidation sites excluding steroid dienone is 2. The first-order valence-electron chi connectivity index (χ1n) is 5.14. The molecule has 0 unspecified atom stereocenters. The predicted octanol–water partition coefficient (Wildman–Crippen LogP) is 2.76. The van der Waals surface area contributed by atoms with Crippen molar-refractivity contribution in [3.8, 4) is 0 Å². The zero-order chi connectivity index (χ0) is 12.0. The second-order valence-corrected chi connectivity index (χ2v) is 3.78. The molecule has 0 saturated heterocycles. The fourth-order valence-electron chi connectivity index (χ4n) is 1.24. The standard InChI is InChI=1S/C13H16N2O/c1-10(2)9-11(3)14-15-13(16)12-7-5-4-6-8-12/h4-9H,1-3H3,(H,15,16). The fraction of sp³-hybridized carbons (Fsp3) is 0.231. The van der Waals surface area contributed by atoms with Crippen LogP contribution in [-0.4, -0.2) is 11.6 Å².